The van der Waals surface area contributed by atoms with Gasteiger partial charge in [-0.2, -0.15) is 0 Å². The van der Waals surface area contributed by atoms with Crippen LogP contribution in [0.1, 0.15) is 23.7 Å². The van der Waals surface area contributed by atoms with E-state index in [1.165, 1.54) is 0 Å². The number of hydrogen-bond donors (Lipinski definition) is 1. The first-order valence-electron chi connectivity index (χ1n) is 6.50. The molecule has 2 rings (SSSR count). The normalized spacial score (nSPS) is 10.5. The fraction of sp³-hybridized carbons (Fsp3) is 0.333. The summed E-state index contributed by atoms with van der Waals surface area (Å²) >= 11 is 0. The van der Waals surface area contributed by atoms with Crippen molar-refractivity contribution in [2.24, 2.45) is 0 Å². The number of aromatic nitrogens is 1. The van der Waals surface area contributed by atoms with Gasteiger partial charge in [0.15, 0.2) is 0 Å². The smallest absolute Gasteiger partial charge is 0.255 e. The second-order valence-corrected chi connectivity index (χ2v) is 4.54. The van der Waals surface area contributed by atoms with Gasteiger partial charge in [-0.05, 0) is 11.8 Å². The standard InChI is InChI=1S/C15H19N3O/c1-4-9-18(3)15(19)13-10-17-14(16-2)12-8-6-5-7-11(12)13/h5-8,10H,4,9H2,1-3H3,(H,16,17). The Morgan fingerprint density at radius 3 is 2.63 bits per heavy atom. The van der Waals surface area contributed by atoms with Crippen molar-refractivity contribution in [1.29, 1.82) is 0 Å². The molecule has 0 radical (unpaired) electrons. The largest absolute Gasteiger partial charge is 0.373 e. The molecule has 0 saturated heterocycles. The summed E-state index contributed by atoms with van der Waals surface area (Å²) in [5, 5.41) is 4.97. The SMILES string of the molecule is CCCN(C)C(=O)c1cnc(NC)c2ccccc12. The summed E-state index contributed by atoms with van der Waals surface area (Å²) in [6.07, 6.45) is 2.60. The molecule has 4 nitrogen and oxygen atoms in total. The average molecular weight is 257 g/mol. The molecule has 1 heterocycles. The number of carbonyl (C=O) groups is 1. The molecule has 100 valence electrons. The molecule has 0 aliphatic heterocycles. The Labute approximate surface area is 113 Å². The Kier molecular flexibility index (Phi) is 4.00. The lowest BCUT2D eigenvalue weighted by molar-refractivity contribution is 0.0796. The van der Waals surface area contributed by atoms with E-state index < -0.39 is 0 Å². The van der Waals surface area contributed by atoms with E-state index in [1.54, 1.807) is 11.1 Å². The molecule has 0 aliphatic rings. The molecular formula is C15H19N3O. The highest BCUT2D eigenvalue weighted by atomic mass is 16.2. The highest BCUT2D eigenvalue weighted by Gasteiger charge is 2.16. The summed E-state index contributed by atoms with van der Waals surface area (Å²) in [6, 6.07) is 7.84. The number of nitrogens with zero attached hydrogens (tertiary/aromatic N) is 2. The molecule has 0 bridgehead atoms. The van der Waals surface area contributed by atoms with Gasteiger partial charge in [0, 0.05) is 32.2 Å². The number of nitrogens with one attached hydrogen (secondary N) is 1. The van der Waals surface area contributed by atoms with Crippen molar-refractivity contribution in [3.8, 4) is 0 Å². The number of rotatable bonds is 4. The molecule has 0 saturated carbocycles. The van der Waals surface area contributed by atoms with Crippen LogP contribution in [0.2, 0.25) is 0 Å². The predicted octanol–water partition coefficient (Wildman–Crippen LogP) is 2.76. The Morgan fingerprint density at radius 2 is 2.00 bits per heavy atom. The summed E-state index contributed by atoms with van der Waals surface area (Å²) in [5.74, 6) is 0.818. The van der Waals surface area contributed by atoms with Gasteiger partial charge < -0.3 is 10.2 Å². The van der Waals surface area contributed by atoms with Crippen LogP contribution in [0.5, 0.6) is 0 Å². The van der Waals surface area contributed by atoms with Gasteiger partial charge in [-0.1, -0.05) is 31.2 Å². The lowest BCUT2D eigenvalue weighted by Gasteiger charge is -2.17. The van der Waals surface area contributed by atoms with Crippen molar-refractivity contribution in [3.63, 3.8) is 0 Å². The first-order valence-corrected chi connectivity index (χ1v) is 6.50. The summed E-state index contributed by atoms with van der Waals surface area (Å²) in [4.78, 5) is 18.5. The van der Waals surface area contributed by atoms with Crippen LogP contribution in [0, 0.1) is 0 Å². The van der Waals surface area contributed by atoms with Crippen molar-refractivity contribution < 1.29 is 4.79 Å². The lowest BCUT2D eigenvalue weighted by Crippen LogP contribution is -2.27. The van der Waals surface area contributed by atoms with Crippen LogP contribution in [-0.2, 0) is 0 Å². The van der Waals surface area contributed by atoms with E-state index in [0.717, 1.165) is 29.6 Å². The summed E-state index contributed by atoms with van der Waals surface area (Å²) < 4.78 is 0. The van der Waals surface area contributed by atoms with E-state index in [-0.39, 0.29) is 5.91 Å². The molecule has 0 unspecified atom stereocenters. The second kappa shape index (κ2) is 5.69. The van der Waals surface area contributed by atoms with Gasteiger partial charge in [-0.3, -0.25) is 4.79 Å². The minimum Gasteiger partial charge on any atom is -0.373 e. The molecule has 0 spiro atoms. The van der Waals surface area contributed by atoms with Gasteiger partial charge in [0.05, 0.1) is 5.56 Å². The third kappa shape index (κ3) is 2.52. The van der Waals surface area contributed by atoms with Crippen molar-refractivity contribution in [1.82, 2.24) is 9.88 Å². The molecule has 1 aromatic heterocycles. The zero-order valence-electron chi connectivity index (χ0n) is 11.6. The number of fused-ring (bicyclic) bond motifs is 1. The molecular weight excluding hydrogens is 238 g/mol. The van der Waals surface area contributed by atoms with Crippen molar-refractivity contribution >= 4 is 22.5 Å². The number of anilines is 1. The Balaban J connectivity index is 2.53. The molecule has 0 aliphatic carbocycles. The fourth-order valence-corrected chi connectivity index (χ4v) is 2.20. The van der Waals surface area contributed by atoms with Crippen LogP contribution in [0.15, 0.2) is 30.5 Å². The predicted molar refractivity (Wildman–Crippen MR) is 78.5 cm³/mol. The van der Waals surface area contributed by atoms with E-state index in [1.807, 2.05) is 38.4 Å². The zero-order chi connectivity index (χ0) is 13.8. The van der Waals surface area contributed by atoms with E-state index in [2.05, 4.69) is 17.2 Å². The molecule has 19 heavy (non-hydrogen) atoms. The Bertz CT molecular complexity index is 595. The number of carbonyl (C=O) groups excluding carboxylic acids is 1. The summed E-state index contributed by atoms with van der Waals surface area (Å²) in [5.41, 5.74) is 0.658. The van der Waals surface area contributed by atoms with Crippen molar-refractivity contribution in [3.05, 3.63) is 36.0 Å². The van der Waals surface area contributed by atoms with Crippen LogP contribution >= 0.6 is 0 Å². The fourth-order valence-electron chi connectivity index (χ4n) is 2.20. The van der Waals surface area contributed by atoms with Gasteiger partial charge in [0.1, 0.15) is 5.82 Å². The van der Waals surface area contributed by atoms with E-state index >= 15 is 0 Å². The van der Waals surface area contributed by atoms with Crippen LogP contribution in [-0.4, -0.2) is 36.4 Å². The zero-order valence-corrected chi connectivity index (χ0v) is 11.6. The van der Waals surface area contributed by atoms with Crippen LogP contribution in [0.3, 0.4) is 0 Å². The van der Waals surface area contributed by atoms with Gasteiger partial charge in [-0.25, -0.2) is 4.98 Å². The van der Waals surface area contributed by atoms with E-state index in [9.17, 15) is 4.79 Å². The van der Waals surface area contributed by atoms with Gasteiger partial charge >= 0.3 is 0 Å². The molecule has 0 atom stereocenters. The quantitative estimate of drug-likeness (QED) is 0.916. The average Bonchev–Trinajstić information content (AvgIpc) is 2.45. The van der Waals surface area contributed by atoms with Gasteiger partial charge in [-0.15, -0.1) is 0 Å². The summed E-state index contributed by atoms with van der Waals surface area (Å²) in [7, 11) is 3.66. The first kappa shape index (κ1) is 13.3. The van der Waals surface area contributed by atoms with Crippen molar-refractivity contribution in [2.45, 2.75) is 13.3 Å². The maximum atomic E-state index is 12.4. The van der Waals surface area contributed by atoms with Crippen LogP contribution in [0.25, 0.3) is 10.8 Å². The number of pyridine rings is 1. The molecule has 2 aromatic rings. The third-order valence-corrected chi connectivity index (χ3v) is 3.17. The second-order valence-electron chi connectivity index (χ2n) is 4.54. The molecule has 1 aromatic carbocycles. The maximum absolute atomic E-state index is 12.4. The number of hydrogen-bond acceptors (Lipinski definition) is 3. The Hall–Kier alpha value is -2.10. The third-order valence-electron chi connectivity index (χ3n) is 3.17. The number of amides is 1. The monoisotopic (exact) mass is 257 g/mol. The van der Waals surface area contributed by atoms with Crippen LogP contribution in [0.4, 0.5) is 5.82 Å². The molecule has 1 N–H and O–H groups in total. The van der Waals surface area contributed by atoms with E-state index in [0.29, 0.717) is 5.56 Å². The van der Waals surface area contributed by atoms with Crippen molar-refractivity contribution in [2.75, 3.05) is 26.0 Å². The minimum absolute atomic E-state index is 0.0215. The topological polar surface area (TPSA) is 45.2 Å². The van der Waals surface area contributed by atoms with E-state index in [4.69, 9.17) is 0 Å². The lowest BCUT2D eigenvalue weighted by atomic mass is 10.1. The Morgan fingerprint density at radius 1 is 1.32 bits per heavy atom. The molecule has 4 heteroatoms. The van der Waals surface area contributed by atoms with Crippen LogP contribution < -0.4 is 5.32 Å². The molecule has 0 fully saturated rings. The molecule has 1 amide bonds. The highest BCUT2D eigenvalue weighted by molar-refractivity contribution is 6.09. The minimum atomic E-state index is 0.0215. The number of benzene rings is 1. The first-order chi connectivity index (χ1) is 9.19. The van der Waals surface area contributed by atoms with Gasteiger partial charge in [0.25, 0.3) is 5.91 Å². The van der Waals surface area contributed by atoms with Gasteiger partial charge in [0.2, 0.25) is 0 Å². The highest BCUT2D eigenvalue weighted by Crippen LogP contribution is 2.24. The maximum Gasteiger partial charge on any atom is 0.255 e. The summed E-state index contributed by atoms with van der Waals surface area (Å²) in [6.45, 7) is 2.81.